The Hall–Kier alpha value is -2.49. The van der Waals surface area contributed by atoms with Crippen molar-refractivity contribution in [2.45, 2.75) is 57.2 Å². The Morgan fingerprint density at radius 1 is 1.21 bits per heavy atom. The Morgan fingerprint density at radius 2 is 2.00 bits per heavy atom. The summed E-state index contributed by atoms with van der Waals surface area (Å²) in [4.78, 5) is 15.8. The molecule has 1 heterocycles. The van der Waals surface area contributed by atoms with E-state index in [9.17, 15) is 4.79 Å². The molecule has 1 aliphatic heterocycles. The molecule has 2 aromatic rings. The Labute approximate surface area is 212 Å². The van der Waals surface area contributed by atoms with Gasteiger partial charge in [0.1, 0.15) is 17.1 Å². The van der Waals surface area contributed by atoms with E-state index in [4.69, 9.17) is 20.2 Å². The van der Waals surface area contributed by atoms with Gasteiger partial charge in [0.2, 0.25) is 0 Å². The number of nitrogens with two attached hydrogens (primary N) is 1. The SMILES string of the molecule is CCNC(=NCc1cccc(OCC(N)=O)c1)NC1CC2(CCCC2)Oc2ccccc21.I. The van der Waals surface area contributed by atoms with Crippen LogP contribution in [0, 0.1) is 0 Å². The van der Waals surface area contributed by atoms with Crippen LogP contribution in [0.2, 0.25) is 0 Å². The summed E-state index contributed by atoms with van der Waals surface area (Å²) < 4.78 is 11.9. The van der Waals surface area contributed by atoms with Crippen LogP contribution in [0.1, 0.15) is 56.2 Å². The molecule has 1 saturated carbocycles. The number of nitrogens with one attached hydrogen (secondary N) is 2. The number of amides is 1. The van der Waals surface area contributed by atoms with Gasteiger partial charge in [-0.05, 0) is 56.4 Å². The molecular weight excluding hydrogens is 531 g/mol. The summed E-state index contributed by atoms with van der Waals surface area (Å²) in [6.07, 6.45) is 5.58. The highest BCUT2D eigenvalue weighted by Crippen LogP contribution is 2.46. The van der Waals surface area contributed by atoms with Crippen molar-refractivity contribution in [1.82, 2.24) is 10.6 Å². The van der Waals surface area contributed by atoms with Crippen molar-refractivity contribution in [2.24, 2.45) is 10.7 Å². The molecule has 0 bridgehead atoms. The van der Waals surface area contributed by atoms with Gasteiger partial charge < -0.3 is 25.8 Å². The fourth-order valence-corrected chi connectivity index (χ4v) is 4.62. The lowest BCUT2D eigenvalue weighted by molar-refractivity contribution is -0.119. The number of aliphatic imine (C=N–C) groups is 1. The molecule has 1 spiro atoms. The van der Waals surface area contributed by atoms with E-state index in [0.717, 1.165) is 43.1 Å². The highest BCUT2D eigenvalue weighted by Gasteiger charge is 2.43. The first-order valence-electron chi connectivity index (χ1n) is 11.4. The second-order valence-corrected chi connectivity index (χ2v) is 8.53. The predicted octanol–water partition coefficient (Wildman–Crippen LogP) is 4.06. The quantitative estimate of drug-likeness (QED) is 0.268. The number of hydrogen-bond donors (Lipinski definition) is 3. The van der Waals surface area contributed by atoms with E-state index < -0.39 is 5.91 Å². The largest absolute Gasteiger partial charge is 0.487 e. The summed E-state index contributed by atoms with van der Waals surface area (Å²) >= 11 is 0. The van der Waals surface area contributed by atoms with Crippen molar-refractivity contribution in [3.63, 3.8) is 0 Å². The standard InChI is InChI=1S/C25H32N4O3.HI/c1-2-27-24(28-16-18-8-7-9-19(14-18)31-17-23(26)30)29-21-15-25(12-5-6-13-25)32-22-11-4-3-10-20(21)22;/h3-4,7-11,14,21H,2,5-6,12-13,15-17H2,1H3,(H2,26,30)(H2,27,28,29);1H. The van der Waals surface area contributed by atoms with E-state index >= 15 is 0 Å². The second-order valence-electron chi connectivity index (χ2n) is 8.53. The minimum Gasteiger partial charge on any atom is -0.487 e. The zero-order chi connectivity index (χ0) is 22.4. The third kappa shape index (κ3) is 6.52. The van der Waals surface area contributed by atoms with Crippen LogP contribution in [-0.4, -0.2) is 30.6 Å². The van der Waals surface area contributed by atoms with Gasteiger partial charge in [-0.2, -0.15) is 0 Å². The first kappa shape index (κ1) is 25.1. The number of primary amides is 1. The molecule has 1 unspecified atom stereocenters. The molecule has 4 rings (SSSR count). The molecule has 1 atom stereocenters. The van der Waals surface area contributed by atoms with Crippen LogP contribution in [0.5, 0.6) is 11.5 Å². The third-order valence-corrected chi connectivity index (χ3v) is 6.07. The van der Waals surface area contributed by atoms with E-state index in [0.29, 0.717) is 12.3 Å². The van der Waals surface area contributed by atoms with Crippen molar-refractivity contribution >= 4 is 35.8 Å². The average molecular weight is 564 g/mol. The summed E-state index contributed by atoms with van der Waals surface area (Å²) in [5.74, 6) is 1.86. The molecule has 0 aromatic heterocycles. The predicted molar refractivity (Wildman–Crippen MR) is 140 cm³/mol. The Balaban J connectivity index is 0.00000306. The first-order valence-corrected chi connectivity index (χ1v) is 11.4. The number of nitrogens with zero attached hydrogens (tertiary/aromatic N) is 1. The zero-order valence-corrected chi connectivity index (χ0v) is 21.3. The smallest absolute Gasteiger partial charge is 0.255 e. The monoisotopic (exact) mass is 564 g/mol. The number of rotatable bonds is 7. The van der Waals surface area contributed by atoms with Gasteiger partial charge in [0.25, 0.3) is 5.91 Å². The Kier molecular flexibility index (Phi) is 8.82. The molecule has 0 saturated heterocycles. The van der Waals surface area contributed by atoms with Crippen molar-refractivity contribution < 1.29 is 14.3 Å². The third-order valence-electron chi connectivity index (χ3n) is 6.07. The molecule has 2 aromatic carbocycles. The van der Waals surface area contributed by atoms with Crippen LogP contribution in [0.15, 0.2) is 53.5 Å². The molecule has 8 heteroatoms. The molecule has 2 aliphatic rings. The van der Waals surface area contributed by atoms with Crippen LogP contribution in [0.3, 0.4) is 0 Å². The summed E-state index contributed by atoms with van der Waals surface area (Å²) in [6.45, 7) is 3.18. The van der Waals surface area contributed by atoms with Gasteiger partial charge in [0.05, 0.1) is 12.6 Å². The number of fused-ring (bicyclic) bond motifs is 1. The normalized spacial score (nSPS) is 18.6. The number of hydrogen-bond acceptors (Lipinski definition) is 4. The van der Waals surface area contributed by atoms with E-state index in [1.807, 2.05) is 24.3 Å². The molecule has 7 nitrogen and oxygen atoms in total. The van der Waals surface area contributed by atoms with Gasteiger partial charge in [-0.3, -0.25) is 4.79 Å². The number of para-hydroxylation sites is 1. The molecule has 1 amide bonds. The van der Waals surface area contributed by atoms with Crippen molar-refractivity contribution in [3.8, 4) is 11.5 Å². The molecule has 178 valence electrons. The zero-order valence-electron chi connectivity index (χ0n) is 19.0. The average Bonchev–Trinajstić information content (AvgIpc) is 3.23. The van der Waals surface area contributed by atoms with Crippen LogP contribution in [0.25, 0.3) is 0 Å². The van der Waals surface area contributed by atoms with Crippen LogP contribution < -0.4 is 25.8 Å². The van der Waals surface area contributed by atoms with E-state index in [-0.39, 0.29) is 42.2 Å². The maximum absolute atomic E-state index is 11.0. The van der Waals surface area contributed by atoms with Gasteiger partial charge in [0, 0.05) is 18.5 Å². The summed E-state index contributed by atoms with van der Waals surface area (Å²) in [5, 5.41) is 7.03. The topological polar surface area (TPSA) is 98.0 Å². The van der Waals surface area contributed by atoms with Gasteiger partial charge in [0.15, 0.2) is 12.6 Å². The molecule has 33 heavy (non-hydrogen) atoms. The molecule has 4 N–H and O–H groups in total. The fraction of sp³-hybridized carbons (Fsp3) is 0.440. The number of halogens is 1. The van der Waals surface area contributed by atoms with Crippen LogP contribution >= 0.6 is 24.0 Å². The van der Waals surface area contributed by atoms with E-state index in [2.05, 4.69) is 35.8 Å². The number of guanidine groups is 1. The van der Waals surface area contributed by atoms with Gasteiger partial charge in [-0.25, -0.2) is 4.99 Å². The van der Waals surface area contributed by atoms with Gasteiger partial charge in [-0.15, -0.1) is 24.0 Å². The minimum atomic E-state index is -0.496. The molecule has 1 fully saturated rings. The highest BCUT2D eigenvalue weighted by molar-refractivity contribution is 14.0. The van der Waals surface area contributed by atoms with E-state index in [1.54, 1.807) is 6.07 Å². The fourth-order valence-electron chi connectivity index (χ4n) is 4.62. The second kappa shape index (κ2) is 11.6. The van der Waals surface area contributed by atoms with Crippen molar-refractivity contribution in [1.29, 1.82) is 0 Å². The number of benzene rings is 2. The lowest BCUT2D eigenvalue weighted by Gasteiger charge is -2.40. The summed E-state index contributed by atoms with van der Waals surface area (Å²) in [5.41, 5.74) is 7.26. The van der Waals surface area contributed by atoms with Crippen LogP contribution in [0.4, 0.5) is 0 Å². The summed E-state index contributed by atoms with van der Waals surface area (Å²) in [7, 11) is 0. The maximum Gasteiger partial charge on any atom is 0.255 e. The highest BCUT2D eigenvalue weighted by atomic mass is 127. The van der Waals surface area contributed by atoms with Crippen LogP contribution in [-0.2, 0) is 11.3 Å². The first-order chi connectivity index (χ1) is 15.6. The molecule has 0 radical (unpaired) electrons. The van der Waals surface area contributed by atoms with Crippen molar-refractivity contribution in [2.75, 3.05) is 13.2 Å². The lowest BCUT2D eigenvalue weighted by atomic mass is 9.86. The number of ether oxygens (including phenoxy) is 2. The Morgan fingerprint density at radius 3 is 2.76 bits per heavy atom. The van der Waals surface area contributed by atoms with Gasteiger partial charge in [-0.1, -0.05) is 30.3 Å². The minimum absolute atomic E-state index is 0. The Bertz CT molecular complexity index is 976. The molecule has 1 aliphatic carbocycles. The van der Waals surface area contributed by atoms with E-state index in [1.165, 1.54) is 18.4 Å². The molecular formula is C25H33IN4O3. The van der Waals surface area contributed by atoms with Crippen molar-refractivity contribution in [3.05, 3.63) is 59.7 Å². The number of carbonyl (C=O) groups is 1. The summed E-state index contributed by atoms with van der Waals surface area (Å²) in [6, 6.07) is 16.0. The van der Waals surface area contributed by atoms with Gasteiger partial charge >= 0.3 is 0 Å². The number of carbonyl (C=O) groups excluding carboxylic acids is 1. The lowest BCUT2D eigenvalue weighted by Crippen LogP contribution is -2.46. The maximum atomic E-state index is 11.0.